The number of anilines is 1. The van der Waals surface area contributed by atoms with Crippen LogP contribution < -0.4 is 4.90 Å². The number of para-hydroxylation sites is 1. The van der Waals surface area contributed by atoms with Crippen LogP contribution >= 0.6 is 11.8 Å². The molecule has 1 aromatic carbocycles. The molecule has 0 radical (unpaired) electrons. The largest absolute Gasteiger partial charge is 0.451 e. The third kappa shape index (κ3) is 4.17. The number of thioether (sulfide) groups is 1. The molecule has 0 bridgehead atoms. The molecule has 6 nitrogen and oxygen atoms in total. The first-order valence-electron chi connectivity index (χ1n) is 8.06. The van der Waals surface area contributed by atoms with Crippen LogP contribution in [0.3, 0.4) is 0 Å². The molecule has 0 aliphatic carbocycles. The molecule has 130 valence electrons. The molecule has 1 unspecified atom stereocenters. The van der Waals surface area contributed by atoms with E-state index in [1.54, 1.807) is 23.6 Å². The predicted octanol–water partition coefficient (Wildman–Crippen LogP) is 2.86. The summed E-state index contributed by atoms with van der Waals surface area (Å²) in [6.07, 6.45) is 3.71. The smallest absolute Gasteiger partial charge is 0.359 e. The van der Waals surface area contributed by atoms with Crippen molar-refractivity contribution in [3.8, 4) is 0 Å². The molecule has 3 rings (SSSR count). The minimum atomic E-state index is -0.647. The summed E-state index contributed by atoms with van der Waals surface area (Å²) in [5.41, 5.74) is 1.67. The number of aromatic nitrogens is 2. The average Bonchev–Trinajstić information content (AvgIpc) is 2.78. The zero-order valence-electron chi connectivity index (χ0n) is 14.1. The number of carbonyl (C=O) groups excluding carboxylic acids is 2. The van der Waals surface area contributed by atoms with Crippen molar-refractivity contribution in [3.05, 3.63) is 48.0 Å². The second kappa shape index (κ2) is 7.65. The van der Waals surface area contributed by atoms with Gasteiger partial charge in [-0.15, -0.1) is 11.8 Å². The molecule has 25 heavy (non-hydrogen) atoms. The number of fused-ring (bicyclic) bond motifs is 1. The van der Waals surface area contributed by atoms with Crippen LogP contribution in [0.4, 0.5) is 5.69 Å². The summed E-state index contributed by atoms with van der Waals surface area (Å²) in [4.78, 5) is 35.4. The van der Waals surface area contributed by atoms with E-state index in [4.69, 9.17) is 4.74 Å². The highest BCUT2D eigenvalue weighted by Crippen LogP contribution is 2.37. The van der Waals surface area contributed by atoms with Gasteiger partial charge in [-0.25, -0.2) is 9.78 Å². The second-order valence-corrected chi connectivity index (χ2v) is 7.33. The van der Waals surface area contributed by atoms with Gasteiger partial charge in [0.05, 0.1) is 17.6 Å². The first-order valence-corrected chi connectivity index (χ1v) is 8.94. The maximum absolute atomic E-state index is 12.6. The SMILES string of the molecule is Cc1cnc(C(=O)OCC(=O)N2CCC(C)Sc3ccccc32)cn1. The Labute approximate surface area is 150 Å². The zero-order chi connectivity index (χ0) is 17.8. The minimum Gasteiger partial charge on any atom is -0.451 e. The number of amides is 1. The van der Waals surface area contributed by atoms with E-state index < -0.39 is 5.97 Å². The van der Waals surface area contributed by atoms with Gasteiger partial charge in [0.1, 0.15) is 0 Å². The summed E-state index contributed by atoms with van der Waals surface area (Å²) in [7, 11) is 0. The first-order chi connectivity index (χ1) is 12.0. The monoisotopic (exact) mass is 357 g/mol. The molecule has 2 heterocycles. The van der Waals surface area contributed by atoms with E-state index in [-0.39, 0.29) is 18.2 Å². The molecule has 1 atom stereocenters. The number of aryl methyl sites for hydroxylation is 1. The minimum absolute atomic E-state index is 0.0962. The highest BCUT2D eigenvalue weighted by molar-refractivity contribution is 8.00. The highest BCUT2D eigenvalue weighted by atomic mass is 32.2. The van der Waals surface area contributed by atoms with Gasteiger partial charge in [0.15, 0.2) is 12.3 Å². The van der Waals surface area contributed by atoms with Crippen LogP contribution in [0.5, 0.6) is 0 Å². The molecular formula is C18H19N3O3S. The Morgan fingerprint density at radius 3 is 2.84 bits per heavy atom. The Morgan fingerprint density at radius 2 is 2.08 bits per heavy atom. The molecule has 0 fully saturated rings. The predicted molar refractivity (Wildman–Crippen MR) is 95.8 cm³/mol. The fraction of sp³-hybridized carbons (Fsp3) is 0.333. The number of carbonyl (C=O) groups is 2. The quantitative estimate of drug-likeness (QED) is 0.787. The lowest BCUT2D eigenvalue weighted by Crippen LogP contribution is -2.35. The fourth-order valence-electron chi connectivity index (χ4n) is 2.52. The molecule has 1 aliphatic heterocycles. The van der Waals surface area contributed by atoms with Crippen molar-refractivity contribution >= 4 is 29.3 Å². The highest BCUT2D eigenvalue weighted by Gasteiger charge is 2.25. The lowest BCUT2D eigenvalue weighted by Gasteiger charge is -2.22. The number of benzene rings is 1. The van der Waals surface area contributed by atoms with Gasteiger partial charge < -0.3 is 9.64 Å². The van der Waals surface area contributed by atoms with E-state index in [0.29, 0.717) is 17.5 Å². The summed E-state index contributed by atoms with van der Waals surface area (Å²) in [5, 5.41) is 0.421. The van der Waals surface area contributed by atoms with Gasteiger partial charge in [0.2, 0.25) is 0 Å². The van der Waals surface area contributed by atoms with Crippen molar-refractivity contribution in [2.45, 2.75) is 30.4 Å². The van der Waals surface area contributed by atoms with Gasteiger partial charge in [-0.05, 0) is 25.5 Å². The summed E-state index contributed by atoms with van der Waals surface area (Å²) in [6.45, 7) is 4.21. The average molecular weight is 357 g/mol. The van der Waals surface area contributed by atoms with Gasteiger partial charge in [-0.3, -0.25) is 9.78 Å². The number of hydrogen-bond donors (Lipinski definition) is 0. The first kappa shape index (κ1) is 17.4. The van der Waals surface area contributed by atoms with Gasteiger partial charge in [-0.1, -0.05) is 19.1 Å². The van der Waals surface area contributed by atoms with Gasteiger partial charge in [-0.2, -0.15) is 0 Å². The van der Waals surface area contributed by atoms with E-state index in [9.17, 15) is 9.59 Å². The van der Waals surface area contributed by atoms with Crippen molar-refractivity contribution in [2.75, 3.05) is 18.1 Å². The fourth-order valence-corrected chi connectivity index (χ4v) is 3.64. The van der Waals surface area contributed by atoms with Crippen LogP contribution in [-0.2, 0) is 9.53 Å². The topological polar surface area (TPSA) is 72.4 Å². The summed E-state index contributed by atoms with van der Waals surface area (Å²) in [6, 6.07) is 7.80. The van der Waals surface area contributed by atoms with E-state index in [2.05, 4.69) is 16.9 Å². The lowest BCUT2D eigenvalue weighted by atomic mass is 10.2. The van der Waals surface area contributed by atoms with Gasteiger partial charge >= 0.3 is 5.97 Å². The third-order valence-electron chi connectivity index (χ3n) is 3.86. The molecule has 1 amide bonds. The third-order valence-corrected chi connectivity index (χ3v) is 5.10. The van der Waals surface area contributed by atoms with Crippen LogP contribution in [0.15, 0.2) is 41.6 Å². The molecule has 0 spiro atoms. The number of hydrogen-bond acceptors (Lipinski definition) is 6. The van der Waals surface area contributed by atoms with Crippen molar-refractivity contribution in [1.82, 2.24) is 9.97 Å². The van der Waals surface area contributed by atoms with Gasteiger partial charge in [0, 0.05) is 22.9 Å². The van der Waals surface area contributed by atoms with Crippen molar-refractivity contribution in [1.29, 1.82) is 0 Å². The molecule has 1 aliphatic rings. The number of nitrogens with zero attached hydrogens (tertiary/aromatic N) is 3. The molecule has 0 saturated carbocycles. The number of esters is 1. The normalized spacial score (nSPS) is 16.7. The summed E-state index contributed by atoms with van der Waals surface area (Å²) >= 11 is 1.76. The Balaban J connectivity index is 1.68. The second-order valence-electron chi connectivity index (χ2n) is 5.85. The molecule has 7 heteroatoms. The van der Waals surface area contributed by atoms with Crippen molar-refractivity contribution in [3.63, 3.8) is 0 Å². The zero-order valence-corrected chi connectivity index (χ0v) is 15.0. The van der Waals surface area contributed by atoms with Gasteiger partial charge in [0.25, 0.3) is 5.91 Å². The Bertz CT molecular complexity index is 779. The summed E-state index contributed by atoms with van der Waals surface area (Å²) < 4.78 is 5.13. The Kier molecular flexibility index (Phi) is 5.33. The Morgan fingerprint density at radius 1 is 1.28 bits per heavy atom. The van der Waals surface area contributed by atoms with Crippen LogP contribution in [0.25, 0.3) is 0 Å². The number of ether oxygens (including phenoxy) is 1. The molecule has 0 saturated heterocycles. The molecule has 2 aromatic rings. The maximum Gasteiger partial charge on any atom is 0.359 e. The van der Waals surface area contributed by atoms with Crippen LogP contribution in [-0.4, -0.2) is 40.2 Å². The standard InChI is InChI=1S/C18H19N3O3S/c1-12-9-20-14(10-19-12)18(23)24-11-17(22)21-8-7-13(2)25-16-6-4-3-5-15(16)21/h3-6,9-10,13H,7-8,11H2,1-2H3. The van der Waals surface area contributed by atoms with E-state index in [1.807, 2.05) is 24.3 Å². The van der Waals surface area contributed by atoms with E-state index in [1.165, 1.54) is 12.4 Å². The lowest BCUT2D eigenvalue weighted by molar-refractivity contribution is -0.121. The number of rotatable bonds is 3. The molecular weight excluding hydrogens is 338 g/mol. The van der Waals surface area contributed by atoms with Crippen LogP contribution in [0.2, 0.25) is 0 Å². The van der Waals surface area contributed by atoms with E-state index in [0.717, 1.165) is 17.0 Å². The molecule has 0 N–H and O–H groups in total. The van der Waals surface area contributed by atoms with Crippen LogP contribution in [0, 0.1) is 6.92 Å². The van der Waals surface area contributed by atoms with Crippen molar-refractivity contribution < 1.29 is 14.3 Å². The van der Waals surface area contributed by atoms with Crippen molar-refractivity contribution in [2.24, 2.45) is 0 Å². The Hall–Kier alpha value is -2.41. The molecule has 1 aromatic heterocycles. The maximum atomic E-state index is 12.6. The summed E-state index contributed by atoms with van der Waals surface area (Å²) in [5.74, 6) is -0.887. The van der Waals surface area contributed by atoms with E-state index >= 15 is 0 Å². The van der Waals surface area contributed by atoms with Crippen LogP contribution in [0.1, 0.15) is 29.5 Å².